The average molecular weight is 356 g/mol. The molecule has 0 amide bonds. The number of nitrogens with one attached hydrogen (secondary N) is 1. The van der Waals surface area contributed by atoms with Crippen LogP contribution in [0.2, 0.25) is 0 Å². The molecule has 2 heterocycles. The first-order valence-corrected chi connectivity index (χ1v) is 9.48. The van der Waals surface area contributed by atoms with E-state index in [-0.39, 0.29) is 4.90 Å². The quantitative estimate of drug-likeness (QED) is 0.736. The Morgan fingerprint density at radius 3 is 2.44 bits per heavy atom. The predicted octanol–water partition coefficient (Wildman–Crippen LogP) is 2.41. The zero-order valence-electron chi connectivity index (χ0n) is 14.2. The fourth-order valence-corrected chi connectivity index (χ4v) is 3.79. The van der Waals surface area contributed by atoms with E-state index in [1.807, 2.05) is 32.0 Å². The van der Waals surface area contributed by atoms with Crippen LogP contribution in [0.4, 0.5) is 0 Å². The lowest BCUT2D eigenvalue weighted by Crippen LogP contribution is -2.26. The second kappa shape index (κ2) is 7.16. The van der Waals surface area contributed by atoms with Crippen LogP contribution in [-0.4, -0.2) is 29.7 Å². The molecule has 25 heavy (non-hydrogen) atoms. The van der Waals surface area contributed by atoms with Crippen LogP contribution in [0.3, 0.4) is 0 Å². The van der Waals surface area contributed by atoms with E-state index in [0.29, 0.717) is 13.0 Å². The maximum absolute atomic E-state index is 12.3. The van der Waals surface area contributed by atoms with Gasteiger partial charge in [-0.3, -0.25) is 0 Å². The standard InChI is InChI=1S/C18H20N4O2S/c1-14-17(15(2)22(21-14)18-10-6-7-12-19-18)11-13-20-25(23,24)16-8-4-3-5-9-16/h3-10,12,20H,11,13H2,1-2H3. The van der Waals surface area contributed by atoms with Crippen molar-refractivity contribution in [3.63, 3.8) is 0 Å². The molecule has 0 fully saturated rings. The lowest BCUT2D eigenvalue weighted by Gasteiger charge is -2.07. The van der Waals surface area contributed by atoms with Gasteiger partial charge < -0.3 is 0 Å². The van der Waals surface area contributed by atoms with E-state index >= 15 is 0 Å². The minimum absolute atomic E-state index is 0.271. The normalized spacial score (nSPS) is 11.6. The van der Waals surface area contributed by atoms with Crippen molar-refractivity contribution < 1.29 is 8.42 Å². The van der Waals surface area contributed by atoms with Crippen molar-refractivity contribution in [2.24, 2.45) is 0 Å². The highest BCUT2D eigenvalue weighted by molar-refractivity contribution is 7.89. The molecule has 0 bridgehead atoms. The van der Waals surface area contributed by atoms with Gasteiger partial charge in [-0.2, -0.15) is 5.10 Å². The third kappa shape index (κ3) is 3.78. The van der Waals surface area contributed by atoms with Gasteiger partial charge in [0.25, 0.3) is 0 Å². The molecule has 1 N–H and O–H groups in total. The summed E-state index contributed by atoms with van der Waals surface area (Å²) in [5.74, 6) is 0.749. The molecule has 0 aliphatic carbocycles. The molecule has 3 rings (SSSR count). The minimum atomic E-state index is -3.49. The number of aromatic nitrogens is 3. The van der Waals surface area contributed by atoms with Crippen molar-refractivity contribution in [3.05, 3.63) is 71.7 Å². The smallest absolute Gasteiger partial charge is 0.237 e. The molecule has 130 valence electrons. The van der Waals surface area contributed by atoms with Gasteiger partial charge in [-0.15, -0.1) is 0 Å². The van der Waals surface area contributed by atoms with Gasteiger partial charge in [0, 0.05) is 18.4 Å². The number of sulfonamides is 1. The van der Waals surface area contributed by atoms with E-state index in [2.05, 4.69) is 14.8 Å². The van der Waals surface area contributed by atoms with Crippen molar-refractivity contribution in [1.29, 1.82) is 0 Å². The van der Waals surface area contributed by atoms with E-state index in [4.69, 9.17) is 0 Å². The topological polar surface area (TPSA) is 76.9 Å². The van der Waals surface area contributed by atoms with Crippen LogP contribution < -0.4 is 4.72 Å². The largest absolute Gasteiger partial charge is 0.240 e. The van der Waals surface area contributed by atoms with Crippen LogP contribution in [0.15, 0.2) is 59.6 Å². The van der Waals surface area contributed by atoms with Crippen molar-refractivity contribution in [1.82, 2.24) is 19.5 Å². The summed E-state index contributed by atoms with van der Waals surface area (Å²) < 4.78 is 29.0. The summed E-state index contributed by atoms with van der Waals surface area (Å²) in [6.07, 6.45) is 2.29. The Morgan fingerprint density at radius 2 is 1.76 bits per heavy atom. The summed E-state index contributed by atoms with van der Waals surface area (Å²) >= 11 is 0. The molecule has 0 aliphatic rings. The molecule has 7 heteroatoms. The maximum atomic E-state index is 12.3. The molecule has 0 unspecified atom stereocenters. The fourth-order valence-electron chi connectivity index (χ4n) is 2.73. The molecule has 1 aromatic carbocycles. The van der Waals surface area contributed by atoms with E-state index in [9.17, 15) is 8.42 Å². The van der Waals surface area contributed by atoms with Gasteiger partial charge in [-0.05, 0) is 50.1 Å². The molecule has 0 radical (unpaired) electrons. The molecule has 3 aromatic rings. The SMILES string of the molecule is Cc1nn(-c2ccccn2)c(C)c1CCNS(=O)(=O)c1ccccc1. The summed E-state index contributed by atoms with van der Waals surface area (Å²) in [6, 6.07) is 14.0. The highest BCUT2D eigenvalue weighted by atomic mass is 32.2. The molecule has 0 atom stereocenters. The van der Waals surface area contributed by atoms with E-state index in [0.717, 1.165) is 22.8 Å². The third-order valence-corrected chi connectivity index (χ3v) is 5.50. The Hall–Kier alpha value is -2.51. The van der Waals surface area contributed by atoms with Crippen molar-refractivity contribution in [2.75, 3.05) is 6.54 Å². The number of hydrogen-bond donors (Lipinski definition) is 1. The van der Waals surface area contributed by atoms with Gasteiger partial charge in [-0.1, -0.05) is 24.3 Å². The zero-order valence-corrected chi connectivity index (χ0v) is 15.0. The fraction of sp³-hybridized carbons (Fsp3) is 0.222. The molecule has 6 nitrogen and oxygen atoms in total. The van der Waals surface area contributed by atoms with Crippen molar-refractivity contribution in [3.8, 4) is 5.82 Å². The van der Waals surface area contributed by atoms with E-state index < -0.39 is 10.0 Å². The van der Waals surface area contributed by atoms with Gasteiger partial charge in [0.05, 0.1) is 10.6 Å². The summed E-state index contributed by atoms with van der Waals surface area (Å²) in [5, 5.41) is 4.53. The van der Waals surface area contributed by atoms with E-state index in [1.54, 1.807) is 41.2 Å². The van der Waals surface area contributed by atoms with Crippen LogP contribution in [0.5, 0.6) is 0 Å². The lowest BCUT2D eigenvalue weighted by molar-refractivity contribution is 0.581. The number of benzene rings is 1. The van der Waals surface area contributed by atoms with Crippen LogP contribution in [0.1, 0.15) is 17.0 Å². The Balaban J connectivity index is 1.73. The second-order valence-corrected chi connectivity index (χ2v) is 7.48. The van der Waals surface area contributed by atoms with Gasteiger partial charge in [0.1, 0.15) is 0 Å². The highest BCUT2D eigenvalue weighted by Crippen LogP contribution is 2.17. The van der Waals surface area contributed by atoms with Gasteiger partial charge in [0.15, 0.2) is 5.82 Å². The summed E-state index contributed by atoms with van der Waals surface area (Å²) in [5.41, 5.74) is 2.87. The molecule has 2 aromatic heterocycles. The molecular formula is C18H20N4O2S. The summed E-state index contributed by atoms with van der Waals surface area (Å²) in [6.45, 7) is 4.20. The van der Waals surface area contributed by atoms with Gasteiger partial charge in [-0.25, -0.2) is 22.8 Å². The van der Waals surface area contributed by atoms with Crippen LogP contribution in [0.25, 0.3) is 5.82 Å². The van der Waals surface area contributed by atoms with Crippen LogP contribution in [0, 0.1) is 13.8 Å². The molecule has 0 saturated carbocycles. The molecule has 0 spiro atoms. The first-order valence-electron chi connectivity index (χ1n) is 8.00. The molecule has 0 aliphatic heterocycles. The summed E-state index contributed by atoms with van der Waals surface area (Å²) in [4.78, 5) is 4.58. The maximum Gasteiger partial charge on any atom is 0.240 e. The van der Waals surface area contributed by atoms with Gasteiger partial charge >= 0.3 is 0 Å². The number of hydrogen-bond acceptors (Lipinski definition) is 4. The van der Waals surface area contributed by atoms with Crippen LogP contribution in [-0.2, 0) is 16.4 Å². The number of pyridine rings is 1. The molecule has 0 saturated heterocycles. The lowest BCUT2D eigenvalue weighted by atomic mass is 10.1. The Morgan fingerprint density at radius 1 is 1.04 bits per heavy atom. The Labute approximate surface area is 147 Å². The average Bonchev–Trinajstić information content (AvgIpc) is 2.91. The summed E-state index contributed by atoms with van der Waals surface area (Å²) in [7, 11) is -3.49. The van der Waals surface area contributed by atoms with Crippen molar-refractivity contribution >= 4 is 10.0 Å². The van der Waals surface area contributed by atoms with Crippen molar-refractivity contribution in [2.45, 2.75) is 25.2 Å². The monoisotopic (exact) mass is 356 g/mol. The van der Waals surface area contributed by atoms with Gasteiger partial charge in [0.2, 0.25) is 10.0 Å². The first kappa shape index (κ1) is 17.3. The minimum Gasteiger partial charge on any atom is -0.237 e. The Bertz CT molecular complexity index is 952. The number of nitrogens with zero attached hydrogens (tertiary/aromatic N) is 3. The zero-order chi connectivity index (χ0) is 17.9. The number of aryl methyl sites for hydroxylation is 1. The highest BCUT2D eigenvalue weighted by Gasteiger charge is 2.16. The molecular weight excluding hydrogens is 336 g/mol. The second-order valence-electron chi connectivity index (χ2n) is 5.71. The van der Waals surface area contributed by atoms with E-state index in [1.165, 1.54) is 0 Å². The first-order chi connectivity index (χ1) is 12.0. The predicted molar refractivity (Wildman–Crippen MR) is 96.2 cm³/mol. The number of rotatable bonds is 6. The Kier molecular flexibility index (Phi) is 4.96. The third-order valence-electron chi connectivity index (χ3n) is 4.03. The van der Waals surface area contributed by atoms with Crippen LogP contribution >= 0.6 is 0 Å².